The zero-order valence-corrected chi connectivity index (χ0v) is 16.3. The molecule has 7 nitrogen and oxygen atoms in total. The Balaban J connectivity index is 1.68. The average molecular weight is 398 g/mol. The number of rotatable bonds is 3. The maximum atomic E-state index is 13.9. The molecule has 29 heavy (non-hydrogen) atoms. The van der Waals surface area contributed by atoms with Crippen LogP contribution in [0.5, 0.6) is 0 Å². The molecule has 1 aromatic heterocycles. The van der Waals surface area contributed by atoms with Crippen LogP contribution in [0.3, 0.4) is 0 Å². The molecular formula is C21H23FN4O3. The molecule has 1 aromatic carbocycles. The molecule has 1 N–H and O–H groups in total. The number of carbonyl (C=O) groups excluding carboxylic acids is 1. The fourth-order valence-electron chi connectivity index (χ4n) is 4.61. The van der Waals surface area contributed by atoms with Crippen molar-refractivity contribution in [3.63, 3.8) is 0 Å². The van der Waals surface area contributed by atoms with Gasteiger partial charge in [-0.3, -0.25) is 0 Å². The van der Waals surface area contributed by atoms with Gasteiger partial charge in [-0.25, -0.2) is 19.0 Å². The van der Waals surface area contributed by atoms with E-state index in [1.807, 2.05) is 11.0 Å². The Hall–Kier alpha value is -3.16. The van der Waals surface area contributed by atoms with Gasteiger partial charge in [0.1, 0.15) is 17.2 Å². The number of anilines is 1. The highest BCUT2D eigenvalue weighted by molar-refractivity contribution is 5.93. The van der Waals surface area contributed by atoms with Crippen molar-refractivity contribution in [3.05, 3.63) is 59.5 Å². The molecule has 0 radical (unpaired) electrons. The van der Waals surface area contributed by atoms with Crippen LogP contribution in [0.2, 0.25) is 0 Å². The van der Waals surface area contributed by atoms with E-state index in [-0.39, 0.29) is 35.3 Å². The van der Waals surface area contributed by atoms with Gasteiger partial charge >= 0.3 is 12.0 Å². The number of benzene rings is 1. The number of hydrogen-bond donors (Lipinski definition) is 1. The fourth-order valence-corrected chi connectivity index (χ4v) is 4.61. The number of amides is 2. The minimum atomic E-state index is -1.02. The van der Waals surface area contributed by atoms with E-state index in [2.05, 4.69) is 4.98 Å². The molecule has 2 amide bonds. The first-order valence-corrected chi connectivity index (χ1v) is 9.53. The minimum Gasteiger partial charge on any atom is -0.478 e. The number of likely N-dealkylation sites (tertiary alicyclic amines) is 1. The van der Waals surface area contributed by atoms with Crippen LogP contribution >= 0.6 is 0 Å². The van der Waals surface area contributed by atoms with E-state index >= 15 is 0 Å². The molecular weight excluding hydrogens is 375 g/mol. The Bertz CT molecular complexity index is 951. The predicted molar refractivity (Wildman–Crippen MR) is 105 cm³/mol. The Morgan fingerprint density at radius 3 is 2.66 bits per heavy atom. The van der Waals surface area contributed by atoms with Gasteiger partial charge in [0.2, 0.25) is 0 Å². The third kappa shape index (κ3) is 3.39. The second-order valence-electron chi connectivity index (χ2n) is 7.84. The number of hydrogen-bond acceptors (Lipinski definition) is 4. The van der Waals surface area contributed by atoms with Crippen LogP contribution in [0, 0.1) is 17.7 Å². The minimum absolute atomic E-state index is 0.0596. The summed E-state index contributed by atoms with van der Waals surface area (Å²) in [7, 11) is 3.41. The first-order chi connectivity index (χ1) is 13.9. The van der Waals surface area contributed by atoms with E-state index in [9.17, 15) is 19.1 Å². The number of fused-ring (bicyclic) bond motifs is 1. The van der Waals surface area contributed by atoms with Gasteiger partial charge in [-0.2, -0.15) is 0 Å². The van der Waals surface area contributed by atoms with Crippen molar-refractivity contribution in [3.8, 4) is 0 Å². The number of pyridine rings is 1. The maximum absolute atomic E-state index is 13.9. The number of halogens is 1. The highest BCUT2D eigenvalue weighted by Gasteiger charge is 2.50. The van der Waals surface area contributed by atoms with Gasteiger partial charge in [-0.1, -0.05) is 12.1 Å². The molecule has 0 aliphatic carbocycles. The molecule has 3 atom stereocenters. The summed E-state index contributed by atoms with van der Waals surface area (Å²) in [5, 5.41) is 9.50. The highest BCUT2D eigenvalue weighted by atomic mass is 19.1. The van der Waals surface area contributed by atoms with E-state index in [1.54, 1.807) is 43.4 Å². The molecule has 2 saturated heterocycles. The quantitative estimate of drug-likeness (QED) is 0.860. The van der Waals surface area contributed by atoms with Gasteiger partial charge in [-0.15, -0.1) is 0 Å². The first-order valence-electron chi connectivity index (χ1n) is 9.53. The van der Waals surface area contributed by atoms with Gasteiger partial charge in [0.05, 0.1) is 6.04 Å². The van der Waals surface area contributed by atoms with Crippen molar-refractivity contribution in [2.75, 3.05) is 38.6 Å². The zero-order valence-electron chi connectivity index (χ0n) is 16.3. The van der Waals surface area contributed by atoms with Crippen LogP contribution in [-0.4, -0.2) is 65.6 Å². The van der Waals surface area contributed by atoms with Crippen LogP contribution < -0.4 is 4.90 Å². The maximum Gasteiger partial charge on any atom is 0.339 e. The largest absolute Gasteiger partial charge is 0.478 e. The summed E-state index contributed by atoms with van der Waals surface area (Å²) >= 11 is 0. The highest BCUT2D eigenvalue weighted by Crippen LogP contribution is 2.46. The van der Waals surface area contributed by atoms with Crippen molar-refractivity contribution >= 4 is 17.8 Å². The molecule has 2 aliphatic rings. The molecule has 4 rings (SSSR count). The number of carbonyl (C=O) groups is 2. The van der Waals surface area contributed by atoms with Crippen LogP contribution in [-0.2, 0) is 0 Å². The lowest BCUT2D eigenvalue weighted by Crippen LogP contribution is -2.41. The molecule has 8 heteroatoms. The van der Waals surface area contributed by atoms with E-state index in [0.717, 1.165) is 5.56 Å². The third-order valence-electron chi connectivity index (χ3n) is 5.80. The Morgan fingerprint density at radius 2 is 1.97 bits per heavy atom. The summed E-state index contributed by atoms with van der Waals surface area (Å²) in [6, 6.07) is 9.15. The smallest absolute Gasteiger partial charge is 0.339 e. The number of nitrogens with zero attached hydrogens (tertiary/aromatic N) is 4. The standard InChI is InChI=1S/C21H23FN4O3/c1-24(2)21(29)26-11-14-10-25(19-16(20(27)28)7-4-8-23-19)12-17(14)18(26)13-5-3-6-15(22)9-13/h3-9,14,17-18H,10-12H2,1-2H3,(H,27,28)/t14-,17-,18-/m1/s1. The normalized spacial score (nSPS) is 23.2. The van der Waals surface area contributed by atoms with Crippen LogP contribution in [0.4, 0.5) is 15.0 Å². The Kier molecular flexibility index (Phi) is 4.86. The lowest BCUT2D eigenvalue weighted by molar-refractivity contribution is 0.0697. The first kappa shape index (κ1) is 19.2. The second-order valence-corrected chi connectivity index (χ2v) is 7.84. The number of aromatic nitrogens is 1. The Labute approximate surface area is 168 Å². The van der Waals surface area contributed by atoms with Crippen LogP contribution in [0.25, 0.3) is 0 Å². The molecule has 152 valence electrons. The van der Waals surface area contributed by atoms with Gasteiger partial charge in [-0.05, 0) is 29.8 Å². The average Bonchev–Trinajstić information content (AvgIpc) is 3.25. The van der Waals surface area contributed by atoms with Gasteiger partial charge in [0.15, 0.2) is 0 Å². The molecule has 0 saturated carbocycles. The topological polar surface area (TPSA) is 77.0 Å². The number of urea groups is 1. The van der Waals surface area contributed by atoms with E-state index < -0.39 is 5.97 Å². The number of aromatic carboxylic acids is 1. The summed E-state index contributed by atoms with van der Waals surface area (Å²) in [5.41, 5.74) is 0.921. The lowest BCUT2D eigenvalue weighted by Gasteiger charge is -2.32. The molecule has 2 fully saturated rings. The van der Waals surface area contributed by atoms with Gasteiger partial charge < -0.3 is 19.8 Å². The van der Waals surface area contributed by atoms with Crippen molar-refractivity contribution < 1.29 is 19.1 Å². The summed E-state index contributed by atoms with van der Waals surface area (Å²) in [4.78, 5) is 34.0. The predicted octanol–water partition coefficient (Wildman–Crippen LogP) is 2.71. The van der Waals surface area contributed by atoms with E-state index in [4.69, 9.17) is 0 Å². The third-order valence-corrected chi connectivity index (χ3v) is 5.80. The van der Waals surface area contributed by atoms with Crippen molar-refractivity contribution in [1.82, 2.24) is 14.8 Å². The monoisotopic (exact) mass is 398 g/mol. The fraction of sp³-hybridized carbons (Fsp3) is 0.381. The summed E-state index contributed by atoms with van der Waals surface area (Å²) < 4.78 is 13.9. The van der Waals surface area contributed by atoms with Crippen molar-refractivity contribution in [2.45, 2.75) is 6.04 Å². The zero-order chi connectivity index (χ0) is 20.7. The number of carboxylic acids is 1. The molecule has 0 spiro atoms. The Morgan fingerprint density at radius 1 is 1.17 bits per heavy atom. The summed E-state index contributed by atoms with van der Waals surface area (Å²) in [6.45, 7) is 1.69. The molecule has 3 heterocycles. The second kappa shape index (κ2) is 7.35. The van der Waals surface area contributed by atoms with Gasteiger partial charge in [0.25, 0.3) is 0 Å². The van der Waals surface area contributed by atoms with E-state index in [1.165, 1.54) is 17.0 Å². The van der Waals surface area contributed by atoms with E-state index in [0.29, 0.717) is 25.5 Å². The molecule has 0 bridgehead atoms. The summed E-state index contributed by atoms with van der Waals surface area (Å²) in [5.74, 6) is -0.703. The van der Waals surface area contributed by atoms with Crippen molar-refractivity contribution in [2.24, 2.45) is 11.8 Å². The lowest BCUT2D eigenvalue weighted by atomic mass is 9.89. The summed E-state index contributed by atoms with van der Waals surface area (Å²) in [6.07, 6.45) is 1.59. The molecule has 0 unspecified atom stereocenters. The SMILES string of the molecule is CN(C)C(=O)N1C[C@H]2CN(c3ncccc3C(=O)O)C[C@H]2[C@H]1c1cccc(F)c1. The van der Waals surface area contributed by atoms with Crippen LogP contribution in [0.1, 0.15) is 22.0 Å². The molecule has 2 aromatic rings. The van der Waals surface area contributed by atoms with Gasteiger partial charge in [0, 0.05) is 51.8 Å². The van der Waals surface area contributed by atoms with Crippen LogP contribution in [0.15, 0.2) is 42.6 Å². The molecule has 2 aliphatic heterocycles. The number of carboxylic acid groups (broad SMARTS) is 1. The van der Waals surface area contributed by atoms with Crippen molar-refractivity contribution in [1.29, 1.82) is 0 Å².